The van der Waals surface area contributed by atoms with Gasteiger partial charge >= 0.3 is 5.97 Å². The van der Waals surface area contributed by atoms with Gasteiger partial charge in [-0.15, -0.1) is 0 Å². The fourth-order valence-corrected chi connectivity index (χ4v) is 2.46. The smallest absolute Gasteiger partial charge is 0.338 e. The fraction of sp³-hybridized carbons (Fsp3) is 0.238. The lowest BCUT2D eigenvalue weighted by molar-refractivity contribution is -0.134. The van der Waals surface area contributed by atoms with E-state index in [0.717, 1.165) is 11.1 Å². The van der Waals surface area contributed by atoms with Crippen LogP contribution in [-0.2, 0) is 9.53 Å². The third kappa shape index (κ3) is 5.98. The first kappa shape index (κ1) is 19.7. The lowest BCUT2D eigenvalue weighted by Crippen LogP contribution is -2.36. The summed E-state index contributed by atoms with van der Waals surface area (Å²) in [5.41, 5.74) is 2.36. The standard InChI is InChI=1S/C21H19N3O3/c22-12-4-14-24(15-5-13-23)20(25)16-27-21(26)19-10-8-18(9-11-19)17-6-2-1-3-7-17/h1-3,6-11H,4-5,14-16H2. The van der Waals surface area contributed by atoms with Crippen molar-refractivity contribution in [1.82, 2.24) is 4.90 Å². The molecule has 0 saturated heterocycles. The number of nitrogens with zero attached hydrogens (tertiary/aromatic N) is 3. The second kappa shape index (κ2) is 10.4. The molecule has 0 fully saturated rings. The van der Waals surface area contributed by atoms with E-state index in [4.69, 9.17) is 15.3 Å². The number of nitriles is 2. The first-order chi connectivity index (χ1) is 13.2. The molecule has 0 heterocycles. The molecular weight excluding hydrogens is 342 g/mol. The molecule has 0 bridgehead atoms. The normalized spacial score (nSPS) is 9.70. The summed E-state index contributed by atoms with van der Waals surface area (Å²) >= 11 is 0. The van der Waals surface area contributed by atoms with Gasteiger partial charge in [0.25, 0.3) is 5.91 Å². The highest BCUT2D eigenvalue weighted by molar-refractivity contribution is 5.91. The summed E-state index contributed by atoms with van der Waals surface area (Å²) in [6.45, 7) is -0.00317. The summed E-state index contributed by atoms with van der Waals surface area (Å²) in [4.78, 5) is 25.7. The maximum atomic E-state index is 12.2. The Morgan fingerprint density at radius 2 is 1.41 bits per heavy atom. The van der Waals surface area contributed by atoms with Gasteiger partial charge in [0.2, 0.25) is 0 Å². The predicted molar refractivity (Wildman–Crippen MR) is 99.2 cm³/mol. The highest BCUT2D eigenvalue weighted by atomic mass is 16.5. The number of esters is 1. The van der Waals surface area contributed by atoms with Gasteiger partial charge in [0.05, 0.1) is 30.5 Å². The summed E-state index contributed by atoms with van der Waals surface area (Å²) in [5.74, 6) is -1.02. The Bertz CT molecular complexity index is 831. The molecule has 0 saturated carbocycles. The zero-order chi connectivity index (χ0) is 19.5. The van der Waals surface area contributed by atoms with Gasteiger partial charge in [0.1, 0.15) is 0 Å². The van der Waals surface area contributed by atoms with Crippen LogP contribution >= 0.6 is 0 Å². The quantitative estimate of drug-likeness (QED) is 0.673. The summed E-state index contributed by atoms with van der Waals surface area (Å²) < 4.78 is 5.08. The largest absolute Gasteiger partial charge is 0.452 e. The molecule has 0 N–H and O–H groups in total. The number of rotatable bonds is 8. The number of carbonyl (C=O) groups is 2. The van der Waals surface area contributed by atoms with Crippen LogP contribution in [0.4, 0.5) is 0 Å². The molecule has 2 rings (SSSR count). The number of hydrogen-bond donors (Lipinski definition) is 0. The van der Waals surface area contributed by atoms with E-state index in [1.165, 1.54) is 4.90 Å². The van der Waals surface area contributed by atoms with Gasteiger partial charge in [-0.1, -0.05) is 42.5 Å². The molecule has 0 aromatic heterocycles. The van der Waals surface area contributed by atoms with E-state index in [2.05, 4.69) is 0 Å². The zero-order valence-corrected chi connectivity index (χ0v) is 14.8. The minimum Gasteiger partial charge on any atom is -0.452 e. The molecule has 27 heavy (non-hydrogen) atoms. The molecule has 6 heteroatoms. The van der Waals surface area contributed by atoms with Gasteiger partial charge < -0.3 is 9.64 Å². The fourth-order valence-electron chi connectivity index (χ4n) is 2.46. The zero-order valence-electron chi connectivity index (χ0n) is 14.8. The van der Waals surface area contributed by atoms with Gasteiger partial charge in [0, 0.05) is 13.1 Å². The molecule has 0 aliphatic heterocycles. The van der Waals surface area contributed by atoms with Crippen LogP contribution in [0, 0.1) is 22.7 Å². The molecule has 1 amide bonds. The summed E-state index contributed by atoms with van der Waals surface area (Å²) in [6.07, 6.45) is 0.318. The Morgan fingerprint density at radius 3 is 1.96 bits per heavy atom. The van der Waals surface area contributed by atoms with Gasteiger partial charge in [-0.2, -0.15) is 10.5 Å². The lowest BCUT2D eigenvalue weighted by Gasteiger charge is -2.20. The van der Waals surface area contributed by atoms with Crippen molar-refractivity contribution in [1.29, 1.82) is 10.5 Å². The SMILES string of the molecule is N#CCCN(CCC#N)C(=O)COC(=O)c1ccc(-c2ccccc2)cc1. The van der Waals surface area contributed by atoms with Crippen molar-refractivity contribution in [3.05, 3.63) is 60.2 Å². The number of ether oxygens (including phenoxy) is 1. The number of benzene rings is 2. The third-order valence-electron chi connectivity index (χ3n) is 3.89. The van der Waals surface area contributed by atoms with E-state index < -0.39 is 18.5 Å². The van der Waals surface area contributed by atoms with Crippen LogP contribution in [0.5, 0.6) is 0 Å². The van der Waals surface area contributed by atoms with E-state index in [1.54, 1.807) is 12.1 Å². The average Bonchev–Trinajstić information content (AvgIpc) is 2.72. The first-order valence-electron chi connectivity index (χ1n) is 8.50. The van der Waals surface area contributed by atoms with Crippen LogP contribution < -0.4 is 0 Å². The molecule has 0 atom stereocenters. The topological polar surface area (TPSA) is 94.2 Å². The number of hydrogen-bond acceptors (Lipinski definition) is 5. The van der Waals surface area contributed by atoms with Crippen LogP contribution in [0.15, 0.2) is 54.6 Å². The first-order valence-corrected chi connectivity index (χ1v) is 8.50. The van der Waals surface area contributed by atoms with Gasteiger partial charge in [0.15, 0.2) is 6.61 Å². The van der Waals surface area contributed by atoms with Crippen LogP contribution in [0.1, 0.15) is 23.2 Å². The maximum Gasteiger partial charge on any atom is 0.338 e. The van der Waals surface area contributed by atoms with Gasteiger partial charge in [-0.05, 0) is 23.3 Å². The van der Waals surface area contributed by atoms with Crippen LogP contribution in [0.3, 0.4) is 0 Å². The van der Waals surface area contributed by atoms with Crippen LogP contribution in [-0.4, -0.2) is 36.5 Å². The van der Waals surface area contributed by atoms with Crippen molar-refractivity contribution in [3.63, 3.8) is 0 Å². The third-order valence-corrected chi connectivity index (χ3v) is 3.89. The minimum absolute atomic E-state index is 0.159. The summed E-state index contributed by atoms with van der Waals surface area (Å²) in [6, 6.07) is 20.6. The van der Waals surface area contributed by atoms with E-state index in [1.807, 2.05) is 54.6 Å². The van der Waals surface area contributed by atoms with Crippen molar-refractivity contribution >= 4 is 11.9 Å². The average molecular weight is 361 g/mol. The Balaban J connectivity index is 1.93. The molecule has 0 aliphatic rings. The molecule has 0 radical (unpaired) electrons. The maximum absolute atomic E-state index is 12.2. The molecule has 0 unspecified atom stereocenters. The lowest BCUT2D eigenvalue weighted by atomic mass is 10.0. The number of carbonyl (C=O) groups excluding carboxylic acids is 2. The van der Waals surface area contributed by atoms with E-state index >= 15 is 0 Å². The molecule has 136 valence electrons. The highest BCUT2D eigenvalue weighted by Crippen LogP contribution is 2.19. The van der Waals surface area contributed by atoms with Crippen molar-refractivity contribution in [2.75, 3.05) is 19.7 Å². The Hall–Kier alpha value is -3.64. The van der Waals surface area contributed by atoms with E-state index in [-0.39, 0.29) is 25.9 Å². The highest BCUT2D eigenvalue weighted by Gasteiger charge is 2.16. The van der Waals surface area contributed by atoms with E-state index in [0.29, 0.717) is 5.56 Å². The molecule has 2 aromatic carbocycles. The minimum atomic E-state index is -0.594. The molecule has 2 aromatic rings. The van der Waals surface area contributed by atoms with Crippen molar-refractivity contribution in [2.24, 2.45) is 0 Å². The van der Waals surface area contributed by atoms with Gasteiger partial charge in [-0.3, -0.25) is 4.79 Å². The Morgan fingerprint density at radius 1 is 0.852 bits per heavy atom. The predicted octanol–water partition coefficient (Wildman–Crippen LogP) is 3.17. The van der Waals surface area contributed by atoms with Crippen LogP contribution in [0.2, 0.25) is 0 Å². The van der Waals surface area contributed by atoms with Gasteiger partial charge in [-0.25, -0.2) is 4.79 Å². The summed E-state index contributed by atoms with van der Waals surface area (Å²) in [5, 5.41) is 17.3. The van der Waals surface area contributed by atoms with Crippen molar-refractivity contribution in [3.8, 4) is 23.3 Å². The molecule has 6 nitrogen and oxygen atoms in total. The Kier molecular flexibility index (Phi) is 7.56. The van der Waals surface area contributed by atoms with E-state index in [9.17, 15) is 9.59 Å². The Labute approximate surface area is 158 Å². The van der Waals surface area contributed by atoms with Crippen molar-refractivity contribution in [2.45, 2.75) is 12.8 Å². The molecular formula is C21H19N3O3. The van der Waals surface area contributed by atoms with Crippen LogP contribution in [0.25, 0.3) is 11.1 Å². The molecule has 0 aliphatic carbocycles. The number of amides is 1. The second-order valence-electron chi connectivity index (χ2n) is 5.72. The monoisotopic (exact) mass is 361 g/mol. The van der Waals surface area contributed by atoms with Crippen molar-refractivity contribution < 1.29 is 14.3 Å². The molecule has 0 spiro atoms. The second-order valence-corrected chi connectivity index (χ2v) is 5.72. The summed E-state index contributed by atoms with van der Waals surface area (Å²) in [7, 11) is 0.